The van der Waals surface area contributed by atoms with Gasteiger partial charge in [-0.1, -0.05) is 35.9 Å². The lowest BCUT2D eigenvalue weighted by atomic mass is 10.1. The number of aromatic nitrogens is 2. The molecule has 1 aromatic heterocycles. The first-order chi connectivity index (χ1) is 9.55. The second-order valence-electron chi connectivity index (χ2n) is 4.96. The third-order valence-corrected chi connectivity index (χ3v) is 5.53. The normalized spacial score (nSPS) is 19.1. The number of sulfone groups is 1. The van der Waals surface area contributed by atoms with Crippen molar-refractivity contribution in [3.63, 3.8) is 0 Å². The van der Waals surface area contributed by atoms with E-state index >= 15 is 0 Å². The fourth-order valence-corrected chi connectivity index (χ4v) is 4.10. The fourth-order valence-electron chi connectivity index (χ4n) is 2.41. The van der Waals surface area contributed by atoms with Gasteiger partial charge in [0.1, 0.15) is 9.84 Å². The monoisotopic (exact) mass is 311 g/mol. The molecule has 0 bridgehead atoms. The maximum Gasteiger partial charge on any atom is 0.159 e. The molecule has 1 aliphatic rings. The maximum absolute atomic E-state index is 11.4. The Morgan fingerprint density at radius 1 is 1.10 bits per heavy atom. The minimum absolute atomic E-state index is 0.109. The summed E-state index contributed by atoms with van der Waals surface area (Å²) >= 11 is 6.03. The first-order valence-electron chi connectivity index (χ1n) is 6.43. The largest absolute Gasteiger partial charge is 0.365 e. The van der Waals surface area contributed by atoms with Crippen LogP contribution in [0.5, 0.6) is 0 Å². The van der Waals surface area contributed by atoms with E-state index in [0.29, 0.717) is 23.8 Å². The second kappa shape index (κ2) is 5.18. The van der Waals surface area contributed by atoms with Gasteiger partial charge >= 0.3 is 0 Å². The SMILES string of the molecule is O=S1(=O)CCC(Nc2nnc(Cl)c3ccccc23)CC1. The van der Waals surface area contributed by atoms with Gasteiger partial charge in [0.25, 0.3) is 0 Å². The molecule has 20 heavy (non-hydrogen) atoms. The summed E-state index contributed by atoms with van der Waals surface area (Å²) in [4.78, 5) is 0. The van der Waals surface area contributed by atoms with Crippen LogP contribution < -0.4 is 5.32 Å². The zero-order valence-corrected chi connectivity index (χ0v) is 12.3. The van der Waals surface area contributed by atoms with Crippen LogP contribution in [0, 0.1) is 0 Å². The molecule has 5 nitrogen and oxygen atoms in total. The highest BCUT2D eigenvalue weighted by molar-refractivity contribution is 7.91. The van der Waals surface area contributed by atoms with Crippen molar-refractivity contribution in [2.24, 2.45) is 0 Å². The number of halogens is 1. The Balaban J connectivity index is 1.87. The zero-order valence-electron chi connectivity index (χ0n) is 10.7. The van der Waals surface area contributed by atoms with E-state index in [1.165, 1.54) is 0 Å². The molecular formula is C13H14ClN3O2S. The van der Waals surface area contributed by atoms with Gasteiger partial charge in [-0.2, -0.15) is 0 Å². The molecule has 106 valence electrons. The van der Waals surface area contributed by atoms with E-state index in [0.717, 1.165) is 10.8 Å². The first kappa shape index (κ1) is 13.6. The van der Waals surface area contributed by atoms with Gasteiger partial charge in [-0.05, 0) is 12.8 Å². The van der Waals surface area contributed by atoms with Gasteiger partial charge in [0, 0.05) is 16.8 Å². The predicted octanol–water partition coefficient (Wildman–Crippen LogP) is 2.27. The Morgan fingerprint density at radius 2 is 1.75 bits per heavy atom. The predicted molar refractivity (Wildman–Crippen MR) is 79.8 cm³/mol. The van der Waals surface area contributed by atoms with Crippen molar-refractivity contribution in [2.45, 2.75) is 18.9 Å². The number of anilines is 1. The van der Waals surface area contributed by atoms with Crippen LogP contribution in [0.4, 0.5) is 5.82 Å². The molecule has 7 heteroatoms. The average Bonchev–Trinajstić information content (AvgIpc) is 2.44. The van der Waals surface area contributed by atoms with E-state index in [1.807, 2.05) is 24.3 Å². The zero-order chi connectivity index (χ0) is 14.2. The molecule has 1 fully saturated rings. The topological polar surface area (TPSA) is 72.0 Å². The minimum Gasteiger partial charge on any atom is -0.365 e. The summed E-state index contributed by atoms with van der Waals surface area (Å²) in [6.07, 6.45) is 1.20. The van der Waals surface area contributed by atoms with Crippen molar-refractivity contribution in [3.8, 4) is 0 Å². The summed E-state index contributed by atoms with van der Waals surface area (Å²) in [5.41, 5.74) is 0. The highest BCUT2D eigenvalue weighted by Gasteiger charge is 2.24. The van der Waals surface area contributed by atoms with Gasteiger partial charge in [0.05, 0.1) is 11.5 Å². The average molecular weight is 312 g/mol. The van der Waals surface area contributed by atoms with Gasteiger partial charge in [-0.3, -0.25) is 0 Å². The van der Waals surface area contributed by atoms with Crippen LogP contribution in [-0.2, 0) is 9.84 Å². The van der Waals surface area contributed by atoms with Crippen molar-refractivity contribution < 1.29 is 8.42 Å². The van der Waals surface area contributed by atoms with Crippen LogP contribution >= 0.6 is 11.6 Å². The Morgan fingerprint density at radius 3 is 2.45 bits per heavy atom. The molecule has 1 N–H and O–H groups in total. The molecule has 0 saturated carbocycles. The molecule has 1 aliphatic heterocycles. The molecule has 0 radical (unpaired) electrons. The molecule has 0 spiro atoms. The van der Waals surface area contributed by atoms with Gasteiger partial charge in [-0.15, -0.1) is 10.2 Å². The van der Waals surface area contributed by atoms with Crippen molar-refractivity contribution in [1.29, 1.82) is 0 Å². The molecule has 0 aliphatic carbocycles. The summed E-state index contributed by atoms with van der Waals surface area (Å²) in [6, 6.07) is 7.74. The lowest BCUT2D eigenvalue weighted by molar-refractivity contribution is 0.559. The molecule has 0 unspecified atom stereocenters. The van der Waals surface area contributed by atoms with Crippen LogP contribution in [0.3, 0.4) is 0 Å². The highest BCUT2D eigenvalue weighted by Crippen LogP contribution is 2.27. The van der Waals surface area contributed by atoms with Crippen molar-refractivity contribution in [2.75, 3.05) is 16.8 Å². The summed E-state index contributed by atoms with van der Waals surface area (Å²) in [5.74, 6) is 1.11. The number of fused-ring (bicyclic) bond motifs is 1. The lowest BCUT2D eigenvalue weighted by Gasteiger charge is -2.23. The summed E-state index contributed by atoms with van der Waals surface area (Å²) in [5, 5.41) is 13.4. The summed E-state index contributed by atoms with van der Waals surface area (Å²) in [7, 11) is -2.85. The van der Waals surface area contributed by atoms with Gasteiger partial charge < -0.3 is 5.32 Å². The van der Waals surface area contributed by atoms with Crippen LogP contribution in [-0.4, -0.2) is 36.2 Å². The molecule has 1 saturated heterocycles. The smallest absolute Gasteiger partial charge is 0.159 e. The number of nitrogens with zero attached hydrogens (tertiary/aromatic N) is 2. The summed E-state index contributed by atoms with van der Waals surface area (Å²) in [6.45, 7) is 0. The van der Waals surface area contributed by atoms with E-state index in [1.54, 1.807) is 0 Å². The molecule has 3 rings (SSSR count). The third-order valence-electron chi connectivity index (χ3n) is 3.54. The number of nitrogens with one attached hydrogen (secondary N) is 1. The molecule has 0 atom stereocenters. The Hall–Kier alpha value is -1.40. The standard InChI is InChI=1S/C13H14ClN3O2S/c14-12-10-3-1-2-4-11(10)13(17-16-12)15-9-5-7-20(18,19)8-6-9/h1-4,9H,5-8H2,(H,15,17). The van der Waals surface area contributed by atoms with Crippen molar-refractivity contribution in [3.05, 3.63) is 29.4 Å². The molecular weight excluding hydrogens is 298 g/mol. The van der Waals surface area contributed by atoms with Crippen LogP contribution in [0.2, 0.25) is 5.15 Å². The molecule has 2 heterocycles. The number of benzene rings is 1. The second-order valence-corrected chi connectivity index (χ2v) is 7.62. The highest BCUT2D eigenvalue weighted by atomic mass is 35.5. The Kier molecular flexibility index (Phi) is 3.52. The van der Waals surface area contributed by atoms with Crippen molar-refractivity contribution in [1.82, 2.24) is 10.2 Å². The van der Waals surface area contributed by atoms with Gasteiger partial charge in [-0.25, -0.2) is 8.42 Å². The molecule has 1 aromatic carbocycles. The number of hydrogen-bond acceptors (Lipinski definition) is 5. The van der Waals surface area contributed by atoms with Crippen LogP contribution in [0.25, 0.3) is 10.8 Å². The van der Waals surface area contributed by atoms with Gasteiger partial charge in [0.2, 0.25) is 0 Å². The van der Waals surface area contributed by atoms with E-state index in [-0.39, 0.29) is 17.5 Å². The van der Waals surface area contributed by atoms with E-state index in [9.17, 15) is 8.42 Å². The van der Waals surface area contributed by atoms with Crippen LogP contribution in [0.15, 0.2) is 24.3 Å². The van der Waals surface area contributed by atoms with Crippen LogP contribution in [0.1, 0.15) is 12.8 Å². The fraction of sp³-hybridized carbons (Fsp3) is 0.385. The van der Waals surface area contributed by atoms with Crippen molar-refractivity contribution >= 4 is 38.0 Å². The van der Waals surface area contributed by atoms with E-state index in [4.69, 9.17) is 11.6 Å². The molecule has 0 amide bonds. The molecule has 2 aromatic rings. The Labute approximate surface area is 122 Å². The minimum atomic E-state index is -2.85. The quantitative estimate of drug-likeness (QED) is 0.921. The number of rotatable bonds is 2. The lowest BCUT2D eigenvalue weighted by Crippen LogP contribution is -2.32. The maximum atomic E-state index is 11.4. The van der Waals surface area contributed by atoms with Gasteiger partial charge in [0.15, 0.2) is 11.0 Å². The number of hydrogen-bond donors (Lipinski definition) is 1. The first-order valence-corrected chi connectivity index (χ1v) is 8.63. The Bertz CT molecular complexity index is 734. The summed E-state index contributed by atoms with van der Waals surface area (Å²) < 4.78 is 22.9. The van der Waals surface area contributed by atoms with E-state index in [2.05, 4.69) is 15.5 Å². The van der Waals surface area contributed by atoms with E-state index < -0.39 is 9.84 Å². The third kappa shape index (κ3) is 2.71.